The van der Waals surface area contributed by atoms with Crippen LogP contribution in [-0.4, -0.2) is 20.3 Å². The van der Waals surface area contributed by atoms with Crippen molar-refractivity contribution in [3.05, 3.63) is 64.7 Å². The van der Waals surface area contributed by atoms with E-state index >= 15 is 0 Å². The molecule has 4 rings (SSSR count). The van der Waals surface area contributed by atoms with Crippen molar-refractivity contribution < 1.29 is 9.47 Å². The van der Waals surface area contributed by atoms with Crippen molar-refractivity contribution in [1.29, 1.82) is 0 Å². The van der Waals surface area contributed by atoms with E-state index in [1.54, 1.807) is 7.11 Å². The third kappa shape index (κ3) is 2.22. The summed E-state index contributed by atoms with van der Waals surface area (Å²) in [6.45, 7) is 1.76. The summed E-state index contributed by atoms with van der Waals surface area (Å²) in [7, 11) is 1.70. The lowest BCUT2D eigenvalue weighted by atomic mass is 9.54. The Labute approximate surface area is 136 Å². The highest BCUT2D eigenvalue weighted by molar-refractivity contribution is 6.30. The van der Waals surface area contributed by atoms with E-state index in [9.17, 15) is 0 Å². The molecule has 3 heteroatoms. The van der Waals surface area contributed by atoms with E-state index in [0.717, 1.165) is 24.0 Å². The Kier molecular flexibility index (Phi) is 3.59. The van der Waals surface area contributed by atoms with Gasteiger partial charge in [0, 0.05) is 5.02 Å². The Hall–Kier alpha value is -1.51. The molecule has 0 N–H and O–H groups in total. The third-order valence-electron chi connectivity index (χ3n) is 5.24. The number of methoxy groups -OCH3 is 1. The average Bonchev–Trinajstić information content (AvgIpc) is 2.94. The Morgan fingerprint density at radius 3 is 1.86 bits per heavy atom. The van der Waals surface area contributed by atoms with Crippen LogP contribution in [0, 0.1) is 11.8 Å². The second-order valence-corrected chi connectivity index (χ2v) is 6.68. The number of fused-ring (bicyclic) bond motifs is 1. The number of rotatable bonds is 3. The maximum Gasteiger partial charge on any atom is 0.118 e. The lowest BCUT2D eigenvalue weighted by molar-refractivity contribution is 0.142. The van der Waals surface area contributed by atoms with E-state index in [-0.39, 0.29) is 0 Å². The molecule has 4 atom stereocenters. The standard InChI is InChI=1S/C19H19ClO2/c1-21-15-8-4-13(5-9-15)19-17-11-22-10-16(17)18(19)12-2-6-14(20)7-3-12/h2-9,16-19H,10-11H2,1H3. The largest absolute Gasteiger partial charge is 0.497 e. The molecule has 1 saturated heterocycles. The van der Waals surface area contributed by atoms with Gasteiger partial charge in [0.1, 0.15) is 5.75 Å². The SMILES string of the molecule is COc1ccc(C2C3COCC3C2c2ccc(Cl)cc2)cc1. The average molecular weight is 315 g/mol. The topological polar surface area (TPSA) is 18.5 Å². The molecular weight excluding hydrogens is 296 g/mol. The van der Waals surface area contributed by atoms with Gasteiger partial charge in [-0.1, -0.05) is 35.9 Å². The first-order valence-corrected chi connectivity index (χ1v) is 8.13. The fourth-order valence-corrected chi connectivity index (χ4v) is 4.26. The highest BCUT2D eigenvalue weighted by atomic mass is 35.5. The van der Waals surface area contributed by atoms with Crippen LogP contribution in [0.5, 0.6) is 5.75 Å². The molecule has 1 aliphatic heterocycles. The fourth-order valence-electron chi connectivity index (χ4n) is 4.13. The summed E-state index contributed by atoms with van der Waals surface area (Å²) in [5.74, 6) is 3.23. The normalized spacial score (nSPS) is 29.7. The van der Waals surface area contributed by atoms with E-state index in [1.807, 2.05) is 12.1 Å². The molecule has 2 aromatic rings. The molecule has 2 nitrogen and oxygen atoms in total. The molecule has 0 aromatic heterocycles. The van der Waals surface area contributed by atoms with E-state index in [1.165, 1.54) is 11.1 Å². The highest BCUT2D eigenvalue weighted by Crippen LogP contribution is 2.60. The van der Waals surface area contributed by atoms with Crippen molar-refractivity contribution in [3.8, 4) is 5.75 Å². The predicted molar refractivity (Wildman–Crippen MR) is 87.7 cm³/mol. The van der Waals surface area contributed by atoms with Gasteiger partial charge in [-0.05, 0) is 59.1 Å². The number of benzene rings is 2. The lowest BCUT2D eigenvalue weighted by Gasteiger charge is -2.48. The Balaban J connectivity index is 1.67. The van der Waals surface area contributed by atoms with Crippen molar-refractivity contribution in [2.75, 3.05) is 20.3 Å². The molecule has 0 radical (unpaired) electrons. The highest BCUT2D eigenvalue weighted by Gasteiger charge is 2.54. The lowest BCUT2D eigenvalue weighted by Crippen LogP contribution is -2.42. The van der Waals surface area contributed by atoms with Crippen LogP contribution < -0.4 is 4.74 Å². The summed E-state index contributed by atoms with van der Waals surface area (Å²) in [6, 6.07) is 16.8. The monoisotopic (exact) mass is 314 g/mol. The van der Waals surface area contributed by atoms with Crippen molar-refractivity contribution in [1.82, 2.24) is 0 Å². The number of ether oxygens (including phenoxy) is 2. The second kappa shape index (κ2) is 5.60. The summed E-state index contributed by atoms with van der Waals surface area (Å²) in [5, 5.41) is 0.795. The van der Waals surface area contributed by atoms with Gasteiger partial charge in [0.25, 0.3) is 0 Å². The number of hydrogen-bond acceptors (Lipinski definition) is 2. The minimum atomic E-state index is 0.526. The fraction of sp³-hybridized carbons (Fsp3) is 0.368. The number of hydrogen-bond donors (Lipinski definition) is 0. The van der Waals surface area contributed by atoms with Gasteiger partial charge in [0.05, 0.1) is 20.3 Å². The summed E-state index contributed by atoms with van der Waals surface area (Å²) in [5.41, 5.74) is 2.75. The number of halogens is 1. The third-order valence-corrected chi connectivity index (χ3v) is 5.49. The Bertz CT molecular complexity index is 650. The van der Waals surface area contributed by atoms with E-state index in [4.69, 9.17) is 21.1 Å². The molecule has 1 saturated carbocycles. The van der Waals surface area contributed by atoms with Gasteiger partial charge >= 0.3 is 0 Å². The summed E-state index contributed by atoms with van der Waals surface area (Å²) >= 11 is 6.04. The van der Waals surface area contributed by atoms with Crippen LogP contribution in [0.3, 0.4) is 0 Å². The van der Waals surface area contributed by atoms with Gasteiger partial charge in [-0.15, -0.1) is 0 Å². The summed E-state index contributed by atoms with van der Waals surface area (Å²) < 4.78 is 11.0. The zero-order chi connectivity index (χ0) is 15.1. The van der Waals surface area contributed by atoms with Crippen LogP contribution >= 0.6 is 11.6 Å². The predicted octanol–water partition coefficient (Wildman–Crippen LogP) is 4.49. The second-order valence-electron chi connectivity index (χ2n) is 6.24. The van der Waals surface area contributed by atoms with E-state index in [2.05, 4.69) is 36.4 Å². The van der Waals surface area contributed by atoms with Crippen LogP contribution in [0.4, 0.5) is 0 Å². The van der Waals surface area contributed by atoms with Gasteiger partial charge in [0.15, 0.2) is 0 Å². The first-order valence-electron chi connectivity index (χ1n) is 7.75. The zero-order valence-electron chi connectivity index (χ0n) is 12.5. The van der Waals surface area contributed by atoms with Crippen LogP contribution in [0.15, 0.2) is 48.5 Å². The van der Waals surface area contributed by atoms with Gasteiger partial charge in [-0.3, -0.25) is 0 Å². The van der Waals surface area contributed by atoms with Crippen LogP contribution in [0.2, 0.25) is 5.02 Å². The van der Waals surface area contributed by atoms with Crippen molar-refractivity contribution in [2.45, 2.75) is 11.8 Å². The van der Waals surface area contributed by atoms with Crippen molar-refractivity contribution in [3.63, 3.8) is 0 Å². The molecule has 2 fully saturated rings. The molecule has 0 spiro atoms. The van der Waals surface area contributed by atoms with E-state index < -0.39 is 0 Å². The molecule has 2 aliphatic rings. The maximum atomic E-state index is 6.04. The van der Waals surface area contributed by atoms with Crippen LogP contribution in [-0.2, 0) is 4.74 Å². The first kappa shape index (κ1) is 14.1. The van der Waals surface area contributed by atoms with Crippen LogP contribution in [0.25, 0.3) is 0 Å². The Morgan fingerprint density at radius 2 is 1.36 bits per heavy atom. The molecule has 0 bridgehead atoms. The minimum Gasteiger partial charge on any atom is -0.497 e. The quantitative estimate of drug-likeness (QED) is 0.831. The molecular formula is C19H19ClO2. The maximum absolute atomic E-state index is 6.04. The molecule has 22 heavy (non-hydrogen) atoms. The molecule has 0 amide bonds. The van der Waals surface area contributed by atoms with E-state index in [0.29, 0.717) is 23.7 Å². The summed E-state index contributed by atoms with van der Waals surface area (Å²) in [6.07, 6.45) is 0. The van der Waals surface area contributed by atoms with Gasteiger partial charge < -0.3 is 9.47 Å². The van der Waals surface area contributed by atoms with Crippen molar-refractivity contribution in [2.24, 2.45) is 11.8 Å². The molecule has 4 unspecified atom stereocenters. The van der Waals surface area contributed by atoms with Gasteiger partial charge in [-0.25, -0.2) is 0 Å². The molecule has 1 aliphatic carbocycles. The molecule has 1 heterocycles. The van der Waals surface area contributed by atoms with Gasteiger partial charge in [-0.2, -0.15) is 0 Å². The Morgan fingerprint density at radius 1 is 0.864 bits per heavy atom. The minimum absolute atomic E-state index is 0.526. The first-order chi connectivity index (χ1) is 10.8. The van der Waals surface area contributed by atoms with Crippen molar-refractivity contribution >= 4 is 11.6 Å². The molecule has 114 valence electrons. The molecule has 2 aromatic carbocycles. The van der Waals surface area contributed by atoms with Crippen LogP contribution in [0.1, 0.15) is 23.0 Å². The zero-order valence-corrected chi connectivity index (χ0v) is 13.3. The van der Waals surface area contributed by atoms with Gasteiger partial charge in [0.2, 0.25) is 0 Å². The smallest absolute Gasteiger partial charge is 0.118 e. The summed E-state index contributed by atoms with van der Waals surface area (Å²) in [4.78, 5) is 0.